The van der Waals surface area contributed by atoms with Gasteiger partial charge < -0.3 is 5.32 Å². The Kier molecular flexibility index (Phi) is 7.04. The van der Waals surface area contributed by atoms with Crippen LogP contribution < -0.4 is 5.32 Å². The summed E-state index contributed by atoms with van der Waals surface area (Å²) >= 11 is 15.6. The van der Waals surface area contributed by atoms with Crippen molar-refractivity contribution < 1.29 is 13.2 Å². The average molecular weight is 506 g/mol. The first kappa shape index (κ1) is 21.6. The van der Waals surface area contributed by atoms with Gasteiger partial charge in [0, 0.05) is 38.9 Å². The number of halogens is 3. The lowest BCUT2D eigenvalue weighted by atomic mass is 9.99. The molecule has 3 rings (SSSR count). The number of sulfonamides is 1. The van der Waals surface area contributed by atoms with E-state index in [2.05, 4.69) is 21.2 Å². The van der Waals surface area contributed by atoms with Crippen LogP contribution in [0.3, 0.4) is 0 Å². The van der Waals surface area contributed by atoms with Crippen molar-refractivity contribution in [3.05, 3.63) is 62.5 Å². The monoisotopic (exact) mass is 504 g/mol. The molecule has 0 aliphatic carbocycles. The van der Waals surface area contributed by atoms with Crippen LogP contribution in [0.5, 0.6) is 0 Å². The number of carbonyl (C=O) groups excluding carboxylic acids is 1. The third kappa shape index (κ3) is 5.27. The lowest BCUT2D eigenvalue weighted by Gasteiger charge is -2.31. The Morgan fingerprint density at radius 3 is 2.54 bits per heavy atom. The molecule has 1 amide bonds. The summed E-state index contributed by atoms with van der Waals surface area (Å²) in [4.78, 5) is 12.6. The zero-order chi connectivity index (χ0) is 20.3. The molecule has 9 heteroatoms. The molecule has 0 spiro atoms. The predicted molar refractivity (Wildman–Crippen MR) is 116 cm³/mol. The Labute approximate surface area is 183 Å². The van der Waals surface area contributed by atoms with Gasteiger partial charge in [-0.1, -0.05) is 51.3 Å². The van der Waals surface area contributed by atoms with Crippen molar-refractivity contribution in [3.63, 3.8) is 0 Å². The third-order valence-corrected chi connectivity index (χ3v) is 7.60. The predicted octanol–water partition coefficient (Wildman–Crippen LogP) is 4.94. The second-order valence-electron chi connectivity index (χ2n) is 6.65. The minimum atomic E-state index is -3.65. The van der Waals surface area contributed by atoms with Gasteiger partial charge >= 0.3 is 0 Å². The second kappa shape index (κ2) is 9.13. The lowest BCUT2D eigenvalue weighted by molar-refractivity contribution is -0.120. The van der Waals surface area contributed by atoms with Gasteiger partial charge in [-0.25, -0.2) is 12.7 Å². The van der Waals surface area contributed by atoms with Gasteiger partial charge in [-0.3, -0.25) is 4.79 Å². The highest BCUT2D eigenvalue weighted by atomic mass is 79.9. The molecule has 2 aromatic carbocycles. The van der Waals surface area contributed by atoms with E-state index in [1.165, 1.54) is 4.31 Å². The van der Waals surface area contributed by atoms with E-state index in [0.29, 0.717) is 40.7 Å². The third-order valence-electron chi connectivity index (χ3n) is 4.63. The Balaban J connectivity index is 1.70. The summed E-state index contributed by atoms with van der Waals surface area (Å²) in [5.74, 6) is -0.885. The van der Waals surface area contributed by atoms with Crippen molar-refractivity contribution in [1.29, 1.82) is 0 Å². The number of anilines is 1. The molecule has 0 bridgehead atoms. The molecule has 0 aromatic heterocycles. The molecule has 5 nitrogen and oxygen atoms in total. The first-order chi connectivity index (χ1) is 13.3. The molecular weight excluding hydrogens is 487 g/mol. The van der Waals surface area contributed by atoms with E-state index in [1.54, 1.807) is 30.3 Å². The number of hydrogen-bond donors (Lipinski definition) is 1. The van der Waals surface area contributed by atoms with Crippen LogP contribution in [0.2, 0.25) is 10.0 Å². The zero-order valence-corrected chi connectivity index (χ0v) is 18.8. The first-order valence-electron chi connectivity index (χ1n) is 8.73. The lowest BCUT2D eigenvalue weighted by Crippen LogP contribution is -2.44. The van der Waals surface area contributed by atoms with Crippen molar-refractivity contribution in [1.82, 2.24) is 4.31 Å². The quantitative estimate of drug-likeness (QED) is 0.626. The number of carbonyl (C=O) groups is 1. The van der Waals surface area contributed by atoms with Crippen LogP contribution in [-0.2, 0) is 20.6 Å². The standard InChI is InChI=1S/C19H19BrCl2N2O3S/c20-14-5-1-6-15(10-14)23-19(25)13-4-3-9-24(11-13)28(26,27)12-16-17(21)7-2-8-18(16)22/h1-2,5-8,10,13H,3-4,9,11-12H2,(H,23,25)/t13-/m0/s1. The van der Waals surface area contributed by atoms with Gasteiger partial charge in [-0.05, 0) is 43.2 Å². The summed E-state index contributed by atoms with van der Waals surface area (Å²) < 4.78 is 28.0. The van der Waals surface area contributed by atoms with E-state index in [9.17, 15) is 13.2 Å². The Bertz CT molecular complexity index is 965. The number of piperidine rings is 1. The van der Waals surface area contributed by atoms with Gasteiger partial charge in [-0.2, -0.15) is 0 Å². The Morgan fingerprint density at radius 1 is 1.18 bits per heavy atom. The van der Waals surface area contributed by atoms with Gasteiger partial charge in [0.25, 0.3) is 0 Å². The Hall–Kier alpha value is -1.12. The van der Waals surface area contributed by atoms with Gasteiger partial charge in [0.1, 0.15) is 0 Å². The topological polar surface area (TPSA) is 66.5 Å². The highest BCUT2D eigenvalue weighted by molar-refractivity contribution is 9.10. The van der Waals surface area contributed by atoms with E-state index in [4.69, 9.17) is 23.2 Å². The molecule has 28 heavy (non-hydrogen) atoms. The number of rotatable bonds is 5. The molecule has 1 heterocycles. The van der Waals surface area contributed by atoms with E-state index < -0.39 is 15.9 Å². The molecule has 150 valence electrons. The van der Waals surface area contributed by atoms with Crippen molar-refractivity contribution in [2.45, 2.75) is 18.6 Å². The average Bonchev–Trinajstić information content (AvgIpc) is 2.65. The number of nitrogens with one attached hydrogen (secondary N) is 1. The minimum absolute atomic E-state index is 0.143. The zero-order valence-electron chi connectivity index (χ0n) is 14.9. The van der Waals surface area contributed by atoms with Gasteiger partial charge in [-0.15, -0.1) is 0 Å². The van der Waals surface area contributed by atoms with Crippen LogP contribution >= 0.6 is 39.1 Å². The number of benzene rings is 2. The molecule has 1 aliphatic heterocycles. The summed E-state index contributed by atoms with van der Waals surface area (Å²) in [6, 6.07) is 12.2. The number of amides is 1. The van der Waals surface area contributed by atoms with Crippen LogP contribution in [0.25, 0.3) is 0 Å². The summed E-state index contributed by atoms with van der Waals surface area (Å²) in [5, 5.41) is 3.49. The maximum Gasteiger partial charge on any atom is 0.228 e. The summed E-state index contributed by atoms with van der Waals surface area (Å²) in [7, 11) is -3.65. The molecule has 1 aliphatic rings. The highest BCUT2D eigenvalue weighted by Crippen LogP contribution is 2.29. The van der Waals surface area contributed by atoms with E-state index in [1.807, 2.05) is 12.1 Å². The maximum atomic E-state index is 12.9. The first-order valence-corrected chi connectivity index (χ1v) is 11.9. The molecule has 1 N–H and O–H groups in total. The fourth-order valence-electron chi connectivity index (χ4n) is 3.16. The van der Waals surface area contributed by atoms with Gasteiger partial charge in [0.2, 0.25) is 15.9 Å². The normalized spacial score (nSPS) is 18.0. The minimum Gasteiger partial charge on any atom is -0.326 e. The SMILES string of the molecule is O=C(Nc1cccc(Br)c1)[C@H]1CCCN(S(=O)(=O)Cc2c(Cl)cccc2Cl)C1. The van der Waals surface area contributed by atoms with Crippen molar-refractivity contribution in [3.8, 4) is 0 Å². The van der Waals surface area contributed by atoms with Crippen LogP contribution in [-0.4, -0.2) is 31.7 Å². The van der Waals surface area contributed by atoms with Crippen molar-refractivity contribution in [2.75, 3.05) is 18.4 Å². The molecule has 0 saturated carbocycles. The highest BCUT2D eigenvalue weighted by Gasteiger charge is 2.33. The summed E-state index contributed by atoms with van der Waals surface area (Å²) in [6.07, 6.45) is 1.25. The maximum absolute atomic E-state index is 12.9. The summed E-state index contributed by atoms with van der Waals surface area (Å²) in [6.45, 7) is 0.523. The van der Waals surface area contributed by atoms with Gasteiger partial charge in [0.05, 0.1) is 11.7 Å². The smallest absolute Gasteiger partial charge is 0.228 e. The van der Waals surface area contributed by atoms with Crippen molar-refractivity contribution >= 4 is 60.7 Å². The molecule has 2 aromatic rings. The largest absolute Gasteiger partial charge is 0.326 e. The fraction of sp³-hybridized carbons (Fsp3) is 0.316. The molecular formula is C19H19BrCl2N2O3S. The molecule has 1 saturated heterocycles. The van der Waals surface area contributed by atoms with Crippen LogP contribution in [0.15, 0.2) is 46.9 Å². The van der Waals surface area contributed by atoms with Crippen LogP contribution in [0, 0.1) is 5.92 Å². The molecule has 1 fully saturated rings. The molecule has 1 atom stereocenters. The van der Waals surface area contributed by atoms with E-state index >= 15 is 0 Å². The molecule has 0 radical (unpaired) electrons. The van der Waals surface area contributed by atoms with E-state index in [0.717, 1.165) is 4.47 Å². The number of hydrogen-bond acceptors (Lipinski definition) is 3. The number of nitrogens with zero attached hydrogens (tertiary/aromatic N) is 1. The van der Waals surface area contributed by atoms with Gasteiger partial charge in [0.15, 0.2) is 0 Å². The van der Waals surface area contributed by atoms with Crippen LogP contribution in [0.1, 0.15) is 18.4 Å². The second-order valence-corrected chi connectivity index (χ2v) is 10.4. The summed E-state index contributed by atoms with van der Waals surface area (Å²) in [5.41, 5.74) is 1.05. The van der Waals surface area contributed by atoms with Crippen LogP contribution in [0.4, 0.5) is 5.69 Å². The fourth-order valence-corrected chi connectivity index (χ4v) is 5.93. The Morgan fingerprint density at radius 2 is 1.86 bits per heavy atom. The van der Waals surface area contributed by atoms with E-state index in [-0.39, 0.29) is 18.2 Å². The van der Waals surface area contributed by atoms with Crippen molar-refractivity contribution in [2.24, 2.45) is 5.92 Å². The molecule has 0 unspecified atom stereocenters.